The van der Waals surface area contributed by atoms with Crippen molar-refractivity contribution in [2.24, 2.45) is 0 Å². The number of likely N-dealkylation sites (N-methyl/N-ethyl adjacent to an activating group) is 1. The fraction of sp³-hybridized carbons (Fsp3) is 0.556. The van der Waals surface area contributed by atoms with Crippen molar-refractivity contribution in [3.05, 3.63) is 36.1 Å². The Balaban J connectivity index is 1.77. The molecule has 0 amide bonds. The molecule has 2 aromatic rings. The molecular formula is C18H27NO2. The summed E-state index contributed by atoms with van der Waals surface area (Å²) in [5.41, 5.74) is 0.937. The first-order valence-corrected chi connectivity index (χ1v) is 8.08. The molecule has 0 aliphatic rings. The molecule has 1 unspecified atom stereocenters. The molecule has 0 aliphatic carbocycles. The molecule has 0 saturated heterocycles. The predicted octanol–water partition coefficient (Wildman–Crippen LogP) is 4.68. The van der Waals surface area contributed by atoms with Gasteiger partial charge in [0.25, 0.3) is 0 Å². The van der Waals surface area contributed by atoms with Crippen LogP contribution in [0.25, 0.3) is 11.0 Å². The van der Waals surface area contributed by atoms with Crippen LogP contribution in [0.2, 0.25) is 0 Å². The maximum Gasteiger partial charge on any atom is 0.134 e. The lowest BCUT2D eigenvalue weighted by Gasteiger charge is -2.13. The van der Waals surface area contributed by atoms with Crippen LogP contribution >= 0.6 is 0 Å². The third kappa shape index (κ3) is 4.87. The third-order valence-electron chi connectivity index (χ3n) is 3.81. The van der Waals surface area contributed by atoms with E-state index in [9.17, 15) is 0 Å². The second kappa shape index (κ2) is 8.85. The summed E-state index contributed by atoms with van der Waals surface area (Å²) >= 11 is 0. The van der Waals surface area contributed by atoms with Gasteiger partial charge in [-0.15, -0.1) is 0 Å². The first kappa shape index (κ1) is 16.1. The number of furan rings is 1. The molecule has 1 N–H and O–H groups in total. The van der Waals surface area contributed by atoms with Gasteiger partial charge in [0, 0.05) is 12.0 Å². The Morgan fingerprint density at radius 2 is 1.95 bits per heavy atom. The molecule has 0 saturated carbocycles. The second-order valence-corrected chi connectivity index (χ2v) is 5.52. The molecular weight excluding hydrogens is 262 g/mol. The van der Waals surface area contributed by atoms with Gasteiger partial charge in [-0.2, -0.15) is 0 Å². The third-order valence-corrected chi connectivity index (χ3v) is 3.81. The standard InChI is InChI=1S/C18H27NO2/c1-3-4-5-6-9-12-20-14-16(19-2)18-13-15-10-7-8-11-17(15)21-18/h7-8,10-11,13,16,19H,3-6,9,12,14H2,1-2H3. The van der Waals surface area contributed by atoms with Gasteiger partial charge in [-0.1, -0.05) is 50.8 Å². The second-order valence-electron chi connectivity index (χ2n) is 5.52. The molecule has 0 bridgehead atoms. The molecule has 2 rings (SSSR count). The van der Waals surface area contributed by atoms with E-state index in [0.29, 0.717) is 6.61 Å². The highest BCUT2D eigenvalue weighted by molar-refractivity contribution is 5.77. The number of para-hydroxylation sites is 1. The van der Waals surface area contributed by atoms with E-state index in [-0.39, 0.29) is 6.04 Å². The van der Waals surface area contributed by atoms with Gasteiger partial charge in [-0.25, -0.2) is 0 Å². The lowest BCUT2D eigenvalue weighted by Crippen LogP contribution is -2.21. The van der Waals surface area contributed by atoms with Crippen LogP contribution in [0.4, 0.5) is 0 Å². The summed E-state index contributed by atoms with van der Waals surface area (Å²) in [6, 6.07) is 10.3. The lowest BCUT2D eigenvalue weighted by atomic mass is 10.2. The van der Waals surface area contributed by atoms with Crippen LogP contribution in [0.15, 0.2) is 34.7 Å². The van der Waals surface area contributed by atoms with Crippen LogP contribution in [0.5, 0.6) is 0 Å². The first-order chi connectivity index (χ1) is 10.3. The van der Waals surface area contributed by atoms with E-state index in [1.54, 1.807) is 0 Å². The van der Waals surface area contributed by atoms with Crippen molar-refractivity contribution in [2.45, 2.75) is 45.1 Å². The monoisotopic (exact) mass is 289 g/mol. The summed E-state index contributed by atoms with van der Waals surface area (Å²) < 4.78 is 11.7. The van der Waals surface area contributed by atoms with Gasteiger partial charge >= 0.3 is 0 Å². The number of rotatable bonds is 10. The molecule has 0 spiro atoms. The zero-order chi connectivity index (χ0) is 14.9. The molecule has 1 aromatic heterocycles. The van der Waals surface area contributed by atoms with E-state index in [4.69, 9.17) is 9.15 Å². The molecule has 1 atom stereocenters. The molecule has 1 aromatic carbocycles. The Morgan fingerprint density at radius 1 is 1.14 bits per heavy atom. The summed E-state index contributed by atoms with van der Waals surface area (Å²) in [5, 5.41) is 4.42. The van der Waals surface area contributed by atoms with Crippen molar-refractivity contribution < 1.29 is 9.15 Å². The quantitative estimate of drug-likeness (QED) is 0.645. The van der Waals surface area contributed by atoms with Crippen molar-refractivity contribution in [2.75, 3.05) is 20.3 Å². The topological polar surface area (TPSA) is 34.4 Å². The van der Waals surface area contributed by atoms with Crippen LogP contribution in [-0.4, -0.2) is 20.3 Å². The Morgan fingerprint density at radius 3 is 2.71 bits per heavy atom. The van der Waals surface area contributed by atoms with Crippen LogP contribution in [-0.2, 0) is 4.74 Å². The van der Waals surface area contributed by atoms with E-state index in [1.807, 2.05) is 25.2 Å². The van der Waals surface area contributed by atoms with Crippen LogP contribution < -0.4 is 5.32 Å². The Kier molecular flexibility index (Phi) is 6.77. The molecule has 0 fully saturated rings. The van der Waals surface area contributed by atoms with Gasteiger partial charge < -0.3 is 14.5 Å². The van der Waals surface area contributed by atoms with E-state index in [0.717, 1.165) is 29.8 Å². The summed E-state index contributed by atoms with van der Waals surface area (Å²) in [6.07, 6.45) is 6.35. The van der Waals surface area contributed by atoms with E-state index in [1.165, 1.54) is 25.7 Å². The zero-order valence-corrected chi connectivity index (χ0v) is 13.2. The van der Waals surface area contributed by atoms with E-state index in [2.05, 4.69) is 24.4 Å². The Hall–Kier alpha value is -1.32. The van der Waals surface area contributed by atoms with Gasteiger partial charge in [-0.3, -0.25) is 0 Å². The maximum atomic E-state index is 5.89. The Labute approximate surface area is 127 Å². The number of nitrogens with one attached hydrogen (secondary N) is 1. The fourth-order valence-electron chi connectivity index (χ4n) is 2.49. The van der Waals surface area contributed by atoms with Crippen molar-refractivity contribution in [1.82, 2.24) is 5.32 Å². The SMILES string of the molecule is CCCCCCCOCC(NC)c1cc2ccccc2o1. The Bertz CT molecular complexity index is 488. The molecule has 1 heterocycles. The number of hydrogen-bond acceptors (Lipinski definition) is 3. The smallest absolute Gasteiger partial charge is 0.134 e. The molecule has 0 radical (unpaired) electrons. The minimum atomic E-state index is 0.119. The summed E-state index contributed by atoms with van der Waals surface area (Å²) in [4.78, 5) is 0. The number of fused-ring (bicyclic) bond motifs is 1. The van der Waals surface area contributed by atoms with E-state index >= 15 is 0 Å². The van der Waals surface area contributed by atoms with Crippen LogP contribution in [0.3, 0.4) is 0 Å². The van der Waals surface area contributed by atoms with Crippen molar-refractivity contribution >= 4 is 11.0 Å². The molecule has 3 nitrogen and oxygen atoms in total. The normalized spacial score (nSPS) is 12.9. The minimum absolute atomic E-state index is 0.119. The molecule has 21 heavy (non-hydrogen) atoms. The predicted molar refractivity (Wildman–Crippen MR) is 87.6 cm³/mol. The average molecular weight is 289 g/mol. The molecule has 0 aliphatic heterocycles. The van der Waals surface area contributed by atoms with Gasteiger partial charge in [0.1, 0.15) is 11.3 Å². The van der Waals surface area contributed by atoms with E-state index < -0.39 is 0 Å². The first-order valence-electron chi connectivity index (χ1n) is 8.08. The highest BCUT2D eigenvalue weighted by Gasteiger charge is 2.14. The average Bonchev–Trinajstić information content (AvgIpc) is 2.94. The zero-order valence-electron chi connectivity index (χ0n) is 13.2. The minimum Gasteiger partial charge on any atom is -0.459 e. The van der Waals surface area contributed by atoms with Crippen molar-refractivity contribution in [1.29, 1.82) is 0 Å². The fourth-order valence-corrected chi connectivity index (χ4v) is 2.49. The highest BCUT2D eigenvalue weighted by Crippen LogP contribution is 2.23. The van der Waals surface area contributed by atoms with Crippen molar-refractivity contribution in [3.63, 3.8) is 0 Å². The number of benzene rings is 1. The summed E-state index contributed by atoms with van der Waals surface area (Å²) in [6.45, 7) is 3.73. The molecule has 116 valence electrons. The number of hydrogen-bond donors (Lipinski definition) is 1. The van der Waals surface area contributed by atoms with Crippen LogP contribution in [0, 0.1) is 0 Å². The molecule has 3 heteroatoms. The largest absolute Gasteiger partial charge is 0.459 e. The lowest BCUT2D eigenvalue weighted by molar-refractivity contribution is 0.104. The number of ether oxygens (including phenoxy) is 1. The van der Waals surface area contributed by atoms with Gasteiger partial charge in [0.05, 0.1) is 12.6 Å². The highest BCUT2D eigenvalue weighted by atomic mass is 16.5. The van der Waals surface area contributed by atoms with Crippen LogP contribution in [0.1, 0.15) is 50.8 Å². The summed E-state index contributed by atoms with van der Waals surface area (Å²) in [7, 11) is 1.95. The van der Waals surface area contributed by atoms with Crippen molar-refractivity contribution in [3.8, 4) is 0 Å². The van der Waals surface area contributed by atoms with Gasteiger partial charge in [0.2, 0.25) is 0 Å². The summed E-state index contributed by atoms with van der Waals surface area (Å²) in [5.74, 6) is 0.949. The number of unbranched alkanes of at least 4 members (excludes halogenated alkanes) is 4. The van der Waals surface area contributed by atoms with Gasteiger partial charge in [-0.05, 0) is 25.6 Å². The maximum absolute atomic E-state index is 5.89. The van der Waals surface area contributed by atoms with Gasteiger partial charge in [0.15, 0.2) is 0 Å².